The number of carbonyl (C=O) groups excluding carboxylic acids is 2. The Morgan fingerprint density at radius 2 is 2.38 bits per heavy atom. The summed E-state index contributed by atoms with van der Waals surface area (Å²) in [5.74, 6) is -0.190. The first kappa shape index (κ1) is 8.50. The predicted molar refractivity (Wildman–Crippen MR) is 44.1 cm³/mol. The molecule has 0 aromatic rings. The minimum atomic E-state index is -0.882. The lowest BCUT2D eigenvalue weighted by atomic mass is 10.0. The Kier molecular flexibility index (Phi) is 1.76. The molecule has 0 bridgehead atoms. The number of likely N-dealkylation sites (N-methyl/N-ethyl adjacent to an activating group) is 1. The molecule has 2 saturated heterocycles. The molecule has 5 heteroatoms. The van der Waals surface area contributed by atoms with Crippen LogP contribution < -0.4 is 5.32 Å². The molecule has 1 unspecified atom stereocenters. The van der Waals surface area contributed by atoms with Gasteiger partial charge in [-0.3, -0.25) is 4.79 Å². The third-order valence-corrected chi connectivity index (χ3v) is 2.57. The number of amides is 2. The van der Waals surface area contributed by atoms with Crippen molar-refractivity contribution in [3.8, 4) is 0 Å². The molecule has 0 saturated carbocycles. The molecular weight excluding hydrogens is 172 g/mol. The van der Waals surface area contributed by atoms with Crippen molar-refractivity contribution in [3.63, 3.8) is 0 Å². The van der Waals surface area contributed by atoms with Crippen molar-refractivity contribution < 1.29 is 14.3 Å². The Hall–Kier alpha value is -1.10. The summed E-state index contributed by atoms with van der Waals surface area (Å²) in [5, 5.41) is 3.03. The van der Waals surface area contributed by atoms with E-state index in [1.165, 1.54) is 0 Å². The first-order chi connectivity index (χ1) is 6.19. The van der Waals surface area contributed by atoms with Crippen molar-refractivity contribution in [1.29, 1.82) is 0 Å². The summed E-state index contributed by atoms with van der Waals surface area (Å²) in [6.07, 6.45) is 0.0878. The first-order valence-electron chi connectivity index (χ1n) is 4.45. The van der Waals surface area contributed by atoms with Gasteiger partial charge in [0, 0.05) is 19.5 Å². The van der Waals surface area contributed by atoms with E-state index in [0.717, 1.165) is 11.4 Å². The van der Waals surface area contributed by atoms with E-state index in [2.05, 4.69) is 5.32 Å². The van der Waals surface area contributed by atoms with Gasteiger partial charge in [0.25, 0.3) is 5.91 Å². The number of hydrogen-bond donors (Lipinski definition) is 1. The smallest absolute Gasteiger partial charge is 0.417 e. The maximum absolute atomic E-state index is 11.7. The van der Waals surface area contributed by atoms with Gasteiger partial charge in [-0.05, 0) is 13.5 Å². The van der Waals surface area contributed by atoms with Gasteiger partial charge in [-0.15, -0.1) is 0 Å². The molecular formula is C8H12N2O3. The Morgan fingerprint density at radius 1 is 1.62 bits per heavy atom. The van der Waals surface area contributed by atoms with Gasteiger partial charge < -0.3 is 10.1 Å². The van der Waals surface area contributed by atoms with Crippen molar-refractivity contribution in [2.75, 3.05) is 19.6 Å². The van der Waals surface area contributed by atoms with Crippen LogP contribution in [0.1, 0.15) is 13.3 Å². The van der Waals surface area contributed by atoms with E-state index in [4.69, 9.17) is 4.74 Å². The molecule has 5 nitrogen and oxygen atoms in total. The Labute approximate surface area is 76.0 Å². The molecule has 72 valence electrons. The normalized spacial score (nSPS) is 33.2. The van der Waals surface area contributed by atoms with Crippen LogP contribution in [0.25, 0.3) is 0 Å². The average molecular weight is 184 g/mol. The third kappa shape index (κ3) is 1.03. The van der Waals surface area contributed by atoms with E-state index in [1.54, 1.807) is 6.92 Å². The highest BCUT2D eigenvalue weighted by molar-refractivity contribution is 6.03. The predicted octanol–water partition coefficient (Wildman–Crippen LogP) is -0.283. The van der Waals surface area contributed by atoms with Gasteiger partial charge in [0.2, 0.25) is 5.60 Å². The number of nitrogens with zero attached hydrogens (tertiary/aromatic N) is 1. The highest BCUT2D eigenvalue weighted by Gasteiger charge is 2.54. The van der Waals surface area contributed by atoms with E-state index in [0.29, 0.717) is 19.5 Å². The van der Waals surface area contributed by atoms with Crippen LogP contribution in [0.15, 0.2) is 0 Å². The van der Waals surface area contributed by atoms with Crippen LogP contribution >= 0.6 is 0 Å². The Balaban J connectivity index is 2.25. The molecule has 2 heterocycles. The van der Waals surface area contributed by atoms with Gasteiger partial charge >= 0.3 is 6.09 Å². The molecule has 1 spiro atoms. The van der Waals surface area contributed by atoms with Gasteiger partial charge in [-0.2, -0.15) is 0 Å². The molecule has 2 amide bonds. The van der Waals surface area contributed by atoms with Crippen LogP contribution in [0.5, 0.6) is 0 Å². The number of carbonyl (C=O) groups is 2. The number of ether oxygens (including phenoxy) is 1. The lowest BCUT2D eigenvalue weighted by molar-refractivity contribution is -0.135. The molecule has 2 rings (SSSR count). The van der Waals surface area contributed by atoms with Gasteiger partial charge in [0.15, 0.2) is 0 Å². The fourth-order valence-electron chi connectivity index (χ4n) is 1.81. The van der Waals surface area contributed by atoms with Gasteiger partial charge in [0.05, 0.1) is 0 Å². The number of hydrogen-bond acceptors (Lipinski definition) is 4. The summed E-state index contributed by atoms with van der Waals surface area (Å²) in [6.45, 7) is 3.34. The van der Waals surface area contributed by atoms with Gasteiger partial charge in [-0.1, -0.05) is 0 Å². The lowest BCUT2D eigenvalue weighted by Crippen LogP contribution is -2.42. The van der Waals surface area contributed by atoms with Crippen LogP contribution in [-0.4, -0.2) is 42.1 Å². The highest BCUT2D eigenvalue weighted by Crippen LogP contribution is 2.29. The average Bonchev–Trinajstić information content (AvgIpc) is 2.62. The summed E-state index contributed by atoms with van der Waals surface area (Å²) in [6, 6.07) is 0. The van der Waals surface area contributed by atoms with Crippen LogP contribution in [0.4, 0.5) is 4.79 Å². The van der Waals surface area contributed by atoms with Crippen molar-refractivity contribution in [2.24, 2.45) is 0 Å². The molecule has 0 aliphatic carbocycles. The van der Waals surface area contributed by atoms with E-state index < -0.39 is 11.7 Å². The molecule has 0 aromatic heterocycles. The molecule has 2 aliphatic heterocycles. The van der Waals surface area contributed by atoms with Crippen molar-refractivity contribution in [1.82, 2.24) is 10.2 Å². The fraction of sp³-hybridized carbons (Fsp3) is 0.750. The van der Waals surface area contributed by atoms with Crippen molar-refractivity contribution in [2.45, 2.75) is 18.9 Å². The van der Waals surface area contributed by atoms with E-state index >= 15 is 0 Å². The van der Waals surface area contributed by atoms with Crippen LogP contribution in [-0.2, 0) is 9.53 Å². The monoisotopic (exact) mass is 184 g/mol. The van der Waals surface area contributed by atoms with E-state index in [-0.39, 0.29) is 5.91 Å². The second kappa shape index (κ2) is 2.70. The maximum atomic E-state index is 11.7. The quantitative estimate of drug-likeness (QED) is 0.608. The van der Waals surface area contributed by atoms with Gasteiger partial charge in [0.1, 0.15) is 0 Å². The number of imide groups is 1. The summed E-state index contributed by atoms with van der Waals surface area (Å²) in [5.41, 5.74) is -0.882. The first-order valence-corrected chi connectivity index (χ1v) is 4.45. The minimum Gasteiger partial charge on any atom is -0.431 e. The van der Waals surface area contributed by atoms with Crippen molar-refractivity contribution in [3.05, 3.63) is 0 Å². The molecule has 13 heavy (non-hydrogen) atoms. The summed E-state index contributed by atoms with van der Waals surface area (Å²) in [4.78, 5) is 24.1. The van der Waals surface area contributed by atoms with Crippen LogP contribution in [0.2, 0.25) is 0 Å². The zero-order valence-corrected chi connectivity index (χ0v) is 7.50. The van der Waals surface area contributed by atoms with Crippen LogP contribution in [0, 0.1) is 0 Å². The van der Waals surface area contributed by atoms with Gasteiger partial charge in [-0.25, -0.2) is 9.69 Å². The Bertz CT molecular complexity index is 258. The minimum absolute atomic E-state index is 0.190. The molecule has 2 fully saturated rings. The molecule has 0 radical (unpaired) electrons. The number of nitrogens with one attached hydrogen (secondary N) is 1. The molecule has 0 aromatic carbocycles. The summed E-state index contributed by atoms with van der Waals surface area (Å²) >= 11 is 0. The summed E-state index contributed by atoms with van der Waals surface area (Å²) in [7, 11) is 0. The molecule has 1 atom stereocenters. The second-order valence-electron chi connectivity index (χ2n) is 3.34. The van der Waals surface area contributed by atoms with E-state index in [1.807, 2.05) is 0 Å². The SMILES string of the molecule is CCN1C(=O)OC2(CCNC2)C1=O. The molecule has 2 aliphatic rings. The zero-order valence-electron chi connectivity index (χ0n) is 7.50. The van der Waals surface area contributed by atoms with Crippen molar-refractivity contribution >= 4 is 12.0 Å². The lowest BCUT2D eigenvalue weighted by Gasteiger charge is -2.16. The van der Waals surface area contributed by atoms with E-state index in [9.17, 15) is 9.59 Å². The third-order valence-electron chi connectivity index (χ3n) is 2.57. The highest BCUT2D eigenvalue weighted by atomic mass is 16.6. The van der Waals surface area contributed by atoms with Crippen LogP contribution in [0.3, 0.4) is 0 Å². The molecule has 1 N–H and O–H groups in total. The zero-order chi connectivity index (χ0) is 9.47. The standard InChI is InChI=1S/C8H12N2O3/c1-2-10-6(11)8(13-7(10)12)3-4-9-5-8/h9H,2-5H2,1H3. The number of rotatable bonds is 1. The largest absolute Gasteiger partial charge is 0.431 e. The second-order valence-corrected chi connectivity index (χ2v) is 3.34. The summed E-state index contributed by atoms with van der Waals surface area (Å²) < 4.78 is 5.10. The maximum Gasteiger partial charge on any atom is 0.417 e. The topological polar surface area (TPSA) is 58.6 Å². The fourth-order valence-corrected chi connectivity index (χ4v) is 1.81. The Morgan fingerprint density at radius 3 is 2.85 bits per heavy atom.